The Morgan fingerprint density at radius 1 is 0.882 bits per heavy atom. The lowest BCUT2D eigenvalue weighted by Crippen LogP contribution is -2.14. The molecule has 168 valence electrons. The number of aromatic nitrogens is 4. The minimum Gasteiger partial charge on any atom is -0.341 e. The number of para-hydroxylation sites is 2. The van der Waals surface area contributed by atoms with E-state index in [1.165, 1.54) is 28.2 Å². The molecule has 0 saturated heterocycles. The smallest absolute Gasteiger partial charge is 0.234 e. The number of anilines is 1. The van der Waals surface area contributed by atoms with E-state index in [-0.39, 0.29) is 11.7 Å². The van der Waals surface area contributed by atoms with Gasteiger partial charge in [-0.25, -0.2) is 0 Å². The van der Waals surface area contributed by atoms with Crippen LogP contribution in [0.1, 0.15) is 12.5 Å². The summed E-state index contributed by atoms with van der Waals surface area (Å²) in [5.41, 5.74) is 6.17. The predicted molar refractivity (Wildman–Crippen MR) is 140 cm³/mol. The maximum atomic E-state index is 12.8. The van der Waals surface area contributed by atoms with Gasteiger partial charge in [0.05, 0.1) is 11.3 Å². The molecule has 3 aromatic carbocycles. The number of hydrogen-bond acceptors (Lipinski definition) is 4. The molecule has 1 amide bonds. The predicted octanol–water partition coefficient (Wildman–Crippen LogP) is 6.05. The molecule has 0 unspecified atom stereocenters. The molecule has 1 N–H and O–H groups in total. The van der Waals surface area contributed by atoms with Crippen LogP contribution in [0.5, 0.6) is 0 Å². The summed E-state index contributed by atoms with van der Waals surface area (Å²) in [7, 11) is 0. The number of rotatable bonds is 5. The van der Waals surface area contributed by atoms with Crippen molar-refractivity contribution in [2.45, 2.75) is 25.5 Å². The van der Waals surface area contributed by atoms with E-state index in [1.807, 2.05) is 28.7 Å². The zero-order valence-corrected chi connectivity index (χ0v) is 19.8. The van der Waals surface area contributed by atoms with Crippen LogP contribution in [-0.4, -0.2) is 30.8 Å². The number of nitrogens with zero attached hydrogens (tertiary/aromatic N) is 4. The van der Waals surface area contributed by atoms with Gasteiger partial charge in [0, 0.05) is 39.4 Å². The third kappa shape index (κ3) is 3.31. The average molecular weight is 466 g/mol. The first-order valence-electron chi connectivity index (χ1n) is 11.3. The van der Waals surface area contributed by atoms with E-state index < -0.39 is 0 Å². The minimum atomic E-state index is -0.0725. The fraction of sp³-hybridized carbons (Fsp3) is 0.148. The van der Waals surface area contributed by atoms with Gasteiger partial charge in [-0.05, 0) is 55.8 Å². The molecule has 0 aliphatic rings. The third-order valence-electron chi connectivity index (χ3n) is 6.28. The van der Waals surface area contributed by atoms with Crippen molar-refractivity contribution in [3.63, 3.8) is 0 Å². The molecule has 0 bridgehead atoms. The van der Waals surface area contributed by atoms with Gasteiger partial charge in [0.15, 0.2) is 10.8 Å². The van der Waals surface area contributed by atoms with E-state index >= 15 is 0 Å². The van der Waals surface area contributed by atoms with Crippen LogP contribution < -0.4 is 5.32 Å². The van der Waals surface area contributed by atoms with Gasteiger partial charge in [0.2, 0.25) is 5.91 Å². The van der Waals surface area contributed by atoms with Crippen molar-refractivity contribution in [2.75, 3.05) is 11.1 Å². The number of nitrogens with one attached hydrogen (secondary N) is 1. The molecule has 6 nitrogen and oxygen atoms in total. The first-order valence-corrected chi connectivity index (χ1v) is 12.3. The lowest BCUT2D eigenvalue weighted by Gasteiger charge is -2.08. The second kappa shape index (κ2) is 8.18. The number of benzene rings is 3. The highest BCUT2D eigenvalue weighted by molar-refractivity contribution is 7.99. The number of pyridine rings is 1. The maximum absolute atomic E-state index is 12.8. The highest BCUT2D eigenvalue weighted by Gasteiger charge is 2.14. The molecule has 0 saturated carbocycles. The Balaban J connectivity index is 1.26. The summed E-state index contributed by atoms with van der Waals surface area (Å²) in [4.78, 5) is 12.8. The van der Waals surface area contributed by atoms with Crippen molar-refractivity contribution in [2.24, 2.45) is 0 Å². The Morgan fingerprint density at radius 3 is 2.44 bits per heavy atom. The number of amides is 1. The monoisotopic (exact) mass is 465 g/mol. The number of carbonyl (C=O) groups is 1. The third-order valence-corrected chi connectivity index (χ3v) is 7.21. The van der Waals surface area contributed by atoms with E-state index in [0.29, 0.717) is 5.16 Å². The summed E-state index contributed by atoms with van der Waals surface area (Å²) >= 11 is 1.39. The second-order valence-electron chi connectivity index (χ2n) is 8.35. The Hall–Kier alpha value is -3.84. The van der Waals surface area contributed by atoms with E-state index in [1.54, 1.807) is 0 Å². The molecule has 6 aromatic rings. The quantitative estimate of drug-likeness (QED) is 0.315. The van der Waals surface area contributed by atoms with Gasteiger partial charge in [-0.2, -0.15) is 0 Å². The molecule has 0 spiro atoms. The Morgan fingerprint density at radius 2 is 1.62 bits per heavy atom. The molecule has 0 radical (unpaired) electrons. The Bertz CT molecular complexity index is 1720. The van der Waals surface area contributed by atoms with Crippen molar-refractivity contribution in [3.8, 4) is 0 Å². The number of thioether (sulfide) groups is 1. The van der Waals surface area contributed by atoms with Crippen molar-refractivity contribution in [3.05, 3.63) is 78.4 Å². The SMILES string of the molecule is CCn1c2ccccc2c2cc(NC(=O)CSc3nnc4cc(C)c5ccccc5n34)ccc21. The van der Waals surface area contributed by atoms with Crippen molar-refractivity contribution < 1.29 is 4.79 Å². The summed E-state index contributed by atoms with van der Waals surface area (Å²) in [6.45, 7) is 5.12. The summed E-state index contributed by atoms with van der Waals surface area (Å²) in [6, 6.07) is 24.7. The lowest BCUT2D eigenvalue weighted by atomic mass is 10.1. The Kier molecular flexibility index (Phi) is 4.99. The van der Waals surface area contributed by atoms with Gasteiger partial charge in [-0.1, -0.05) is 48.2 Å². The average Bonchev–Trinajstić information content (AvgIpc) is 3.41. The zero-order chi connectivity index (χ0) is 23.2. The van der Waals surface area contributed by atoms with Gasteiger partial charge in [-0.3, -0.25) is 9.20 Å². The van der Waals surface area contributed by atoms with Crippen molar-refractivity contribution in [1.29, 1.82) is 0 Å². The molecule has 0 aliphatic heterocycles. The summed E-state index contributed by atoms with van der Waals surface area (Å²) < 4.78 is 4.32. The topological polar surface area (TPSA) is 64.2 Å². The number of carbonyl (C=O) groups excluding carboxylic acids is 1. The van der Waals surface area contributed by atoms with Crippen LogP contribution in [0, 0.1) is 6.92 Å². The summed E-state index contributed by atoms with van der Waals surface area (Å²) in [5.74, 6) is 0.175. The lowest BCUT2D eigenvalue weighted by molar-refractivity contribution is -0.113. The van der Waals surface area contributed by atoms with Gasteiger partial charge in [0.1, 0.15) is 0 Å². The van der Waals surface area contributed by atoms with Crippen LogP contribution in [0.2, 0.25) is 0 Å². The van der Waals surface area contributed by atoms with Gasteiger partial charge in [-0.15, -0.1) is 10.2 Å². The van der Waals surface area contributed by atoms with Crippen LogP contribution in [0.4, 0.5) is 5.69 Å². The normalized spacial score (nSPS) is 11.7. The summed E-state index contributed by atoms with van der Waals surface area (Å²) in [5, 5.41) is 15.9. The van der Waals surface area contributed by atoms with Crippen LogP contribution in [0.3, 0.4) is 0 Å². The fourth-order valence-electron chi connectivity index (χ4n) is 4.77. The van der Waals surface area contributed by atoms with E-state index in [4.69, 9.17) is 0 Å². The van der Waals surface area contributed by atoms with Crippen molar-refractivity contribution >= 4 is 61.7 Å². The molecular weight excluding hydrogens is 442 g/mol. The fourth-order valence-corrected chi connectivity index (χ4v) is 5.52. The highest BCUT2D eigenvalue weighted by atomic mass is 32.2. The molecule has 7 heteroatoms. The molecule has 0 aliphatic carbocycles. The molecule has 34 heavy (non-hydrogen) atoms. The first-order chi connectivity index (χ1) is 16.6. The molecule has 3 aromatic heterocycles. The van der Waals surface area contributed by atoms with E-state index in [2.05, 4.69) is 82.5 Å². The molecule has 3 heterocycles. The Labute approximate surface area is 200 Å². The largest absolute Gasteiger partial charge is 0.341 e. The maximum Gasteiger partial charge on any atom is 0.234 e. The van der Waals surface area contributed by atoms with Crippen LogP contribution in [0.25, 0.3) is 38.4 Å². The standard InChI is InChI=1S/C27H23N5OS/c1-3-31-22-10-6-5-9-20(22)21-15-18(12-13-23(21)31)28-26(33)16-34-27-30-29-25-14-17(2)19-8-4-7-11-24(19)32(25)27/h4-15H,3,16H2,1-2H3,(H,28,33). The molecule has 6 rings (SSSR count). The van der Waals surface area contributed by atoms with Gasteiger partial charge < -0.3 is 9.88 Å². The first kappa shape index (κ1) is 20.7. The van der Waals surface area contributed by atoms with Gasteiger partial charge >= 0.3 is 0 Å². The summed E-state index contributed by atoms with van der Waals surface area (Å²) in [6.07, 6.45) is 0. The minimum absolute atomic E-state index is 0.0725. The number of aryl methyl sites for hydroxylation is 2. The van der Waals surface area contributed by atoms with Crippen LogP contribution in [0.15, 0.2) is 78.0 Å². The van der Waals surface area contributed by atoms with E-state index in [9.17, 15) is 4.79 Å². The second-order valence-corrected chi connectivity index (χ2v) is 9.29. The van der Waals surface area contributed by atoms with E-state index in [0.717, 1.165) is 39.7 Å². The molecular formula is C27H23N5OS. The van der Waals surface area contributed by atoms with Crippen molar-refractivity contribution in [1.82, 2.24) is 19.2 Å². The molecule has 0 atom stereocenters. The number of fused-ring (bicyclic) bond motifs is 6. The van der Waals surface area contributed by atoms with Crippen LogP contribution in [-0.2, 0) is 11.3 Å². The van der Waals surface area contributed by atoms with Gasteiger partial charge in [0.25, 0.3) is 0 Å². The highest BCUT2D eigenvalue weighted by Crippen LogP contribution is 2.31. The number of hydrogen-bond donors (Lipinski definition) is 1. The zero-order valence-electron chi connectivity index (χ0n) is 18.9. The van der Waals surface area contributed by atoms with Crippen LogP contribution >= 0.6 is 11.8 Å². The molecule has 0 fully saturated rings.